The van der Waals surface area contributed by atoms with Crippen molar-refractivity contribution in [2.75, 3.05) is 0 Å². The Hall–Kier alpha value is -0.0400. The van der Waals surface area contributed by atoms with Crippen LogP contribution in [0.3, 0.4) is 0 Å². The molecular formula is C11H19ClO. The summed E-state index contributed by atoms with van der Waals surface area (Å²) < 4.78 is 0. The van der Waals surface area contributed by atoms with E-state index in [1.165, 1.54) is 12.8 Å². The van der Waals surface area contributed by atoms with E-state index < -0.39 is 0 Å². The number of carbonyl (C=O) groups excluding carboxylic acids is 1. The molecule has 0 spiro atoms. The fourth-order valence-corrected chi connectivity index (χ4v) is 3.13. The molecule has 13 heavy (non-hydrogen) atoms. The molecule has 0 aliphatic heterocycles. The maximum atomic E-state index is 10.9. The Balaban J connectivity index is 2.63. The van der Waals surface area contributed by atoms with Gasteiger partial charge in [-0.3, -0.25) is 4.79 Å². The van der Waals surface area contributed by atoms with Gasteiger partial charge in [0.05, 0.1) is 0 Å². The maximum Gasteiger partial charge on any atom is 0.222 e. The molecule has 1 saturated carbocycles. The van der Waals surface area contributed by atoms with Crippen LogP contribution in [0, 0.1) is 10.8 Å². The fourth-order valence-electron chi connectivity index (χ4n) is 2.81. The molecule has 76 valence electrons. The Morgan fingerprint density at radius 1 is 1.31 bits per heavy atom. The van der Waals surface area contributed by atoms with Gasteiger partial charge in [0.1, 0.15) is 0 Å². The molecule has 0 aromatic rings. The summed E-state index contributed by atoms with van der Waals surface area (Å²) in [5.74, 6) is 0. The topological polar surface area (TPSA) is 17.1 Å². The van der Waals surface area contributed by atoms with Crippen molar-refractivity contribution in [3.63, 3.8) is 0 Å². The summed E-state index contributed by atoms with van der Waals surface area (Å²) in [6.07, 6.45) is 5.32. The second-order valence-corrected chi connectivity index (χ2v) is 5.96. The van der Waals surface area contributed by atoms with Gasteiger partial charge >= 0.3 is 0 Å². The van der Waals surface area contributed by atoms with Crippen molar-refractivity contribution in [1.82, 2.24) is 0 Å². The zero-order chi connectivity index (χ0) is 10.1. The van der Waals surface area contributed by atoms with Crippen molar-refractivity contribution < 1.29 is 4.79 Å². The molecule has 1 fully saturated rings. The monoisotopic (exact) mass is 202 g/mol. The number of hydrogen-bond donors (Lipinski definition) is 0. The van der Waals surface area contributed by atoms with Crippen LogP contribution in [0.15, 0.2) is 0 Å². The fraction of sp³-hybridized carbons (Fsp3) is 0.909. The molecule has 0 saturated heterocycles. The van der Waals surface area contributed by atoms with Crippen LogP contribution in [-0.2, 0) is 4.79 Å². The van der Waals surface area contributed by atoms with Crippen molar-refractivity contribution in [3.05, 3.63) is 0 Å². The van der Waals surface area contributed by atoms with Gasteiger partial charge in [-0.05, 0) is 41.7 Å². The van der Waals surface area contributed by atoms with Gasteiger partial charge in [-0.25, -0.2) is 0 Å². The van der Waals surface area contributed by atoms with E-state index in [1.54, 1.807) is 0 Å². The van der Waals surface area contributed by atoms with Crippen molar-refractivity contribution >= 4 is 16.8 Å². The van der Waals surface area contributed by atoms with Gasteiger partial charge in [-0.2, -0.15) is 0 Å². The molecule has 0 radical (unpaired) electrons. The van der Waals surface area contributed by atoms with Crippen molar-refractivity contribution in [2.45, 2.75) is 52.9 Å². The predicted octanol–water partition coefficient (Wildman–Crippen LogP) is 3.75. The quantitative estimate of drug-likeness (QED) is 0.624. The van der Waals surface area contributed by atoms with E-state index in [9.17, 15) is 4.79 Å². The Labute approximate surface area is 85.8 Å². The summed E-state index contributed by atoms with van der Waals surface area (Å²) in [5, 5.41) is -0.180. The van der Waals surface area contributed by atoms with E-state index in [4.69, 9.17) is 11.6 Å². The minimum absolute atomic E-state index is 0.153. The highest BCUT2D eigenvalue weighted by atomic mass is 35.5. The molecule has 0 heterocycles. The molecule has 1 aliphatic carbocycles. The zero-order valence-corrected chi connectivity index (χ0v) is 9.58. The van der Waals surface area contributed by atoms with Crippen LogP contribution in [0.2, 0.25) is 0 Å². The smallest absolute Gasteiger partial charge is 0.222 e. The highest BCUT2D eigenvalue weighted by Gasteiger charge is 2.37. The normalized spacial score (nSPS) is 32.9. The largest absolute Gasteiger partial charge is 0.281 e. The SMILES string of the molecule is CC1(C)CCCC(C)(CC(=O)Cl)C1. The summed E-state index contributed by atoms with van der Waals surface area (Å²) in [6.45, 7) is 6.75. The average molecular weight is 203 g/mol. The van der Waals surface area contributed by atoms with Crippen molar-refractivity contribution in [2.24, 2.45) is 10.8 Å². The molecule has 1 unspecified atom stereocenters. The molecule has 1 nitrogen and oxygen atoms in total. The van der Waals surface area contributed by atoms with E-state index in [0.717, 1.165) is 12.8 Å². The predicted molar refractivity (Wildman–Crippen MR) is 55.8 cm³/mol. The molecule has 0 aromatic carbocycles. The Morgan fingerprint density at radius 3 is 2.38 bits per heavy atom. The third-order valence-corrected chi connectivity index (χ3v) is 3.24. The zero-order valence-electron chi connectivity index (χ0n) is 8.82. The van der Waals surface area contributed by atoms with Gasteiger partial charge < -0.3 is 0 Å². The van der Waals surface area contributed by atoms with Crippen LogP contribution in [0.4, 0.5) is 0 Å². The minimum Gasteiger partial charge on any atom is -0.281 e. The minimum atomic E-state index is -0.180. The van der Waals surface area contributed by atoms with Gasteiger partial charge in [0.25, 0.3) is 0 Å². The number of rotatable bonds is 2. The lowest BCUT2D eigenvalue weighted by Gasteiger charge is -2.42. The lowest BCUT2D eigenvalue weighted by atomic mass is 9.63. The van der Waals surface area contributed by atoms with Crippen LogP contribution in [0.1, 0.15) is 52.9 Å². The second-order valence-electron chi connectivity index (χ2n) is 5.54. The Kier molecular flexibility index (Phi) is 3.06. The molecule has 2 heteroatoms. The molecule has 0 N–H and O–H groups in total. The summed E-state index contributed by atoms with van der Waals surface area (Å²) in [5.41, 5.74) is 0.542. The highest BCUT2D eigenvalue weighted by molar-refractivity contribution is 6.63. The van der Waals surface area contributed by atoms with Gasteiger partial charge in [-0.15, -0.1) is 0 Å². The summed E-state index contributed by atoms with van der Waals surface area (Å²) >= 11 is 5.45. The highest BCUT2D eigenvalue weighted by Crippen LogP contribution is 2.47. The lowest BCUT2D eigenvalue weighted by molar-refractivity contribution is -0.114. The van der Waals surface area contributed by atoms with Gasteiger partial charge in [-0.1, -0.05) is 27.2 Å². The van der Waals surface area contributed by atoms with Crippen LogP contribution in [-0.4, -0.2) is 5.24 Å². The van der Waals surface area contributed by atoms with E-state index >= 15 is 0 Å². The molecule has 1 aliphatic rings. The Morgan fingerprint density at radius 2 is 1.92 bits per heavy atom. The molecule has 0 aromatic heterocycles. The first-order valence-electron chi connectivity index (χ1n) is 5.01. The maximum absolute atomic E-state index is 10.9. The van der Waals surface area contributed by atoms with Crippen molar-refractivity contribution in [1.29, 1.82) is 0 Å². The molecule has 1 atom stereocenters. The number of carbonyl (C=O) groups is 1. The van der Waals surface area contributed by atoms with Crippen LogP contribution < -0.4 is 0 Å². The molecular weight excluding hydrogens is 184 g/mol. The van der Waals surface area contributed by atoms with Crippen LogP contribution in [0.25, 0.3) is 0 Å². The van der Waals surface area contributed by atoms with E-state index in [1.807, 2.05) is 0 Å². The van der Waals surface area contributed by atoms with Gasteiger partial charge in [0.2, 0.25) is 5.24 Å². The van der Waals surface area contributed by atoms with E-state index in [2.05, 4.69) is 20.8 Å². The van der Waals surface area contributed by atoms with E-state index in [0.29, 0.717) is 11.8 Å². The Bertz CT molecular complexity index is 210. The molecule has 1 rings (SSSR count). The third kappa shape index (κ3) is 3.30. The standard InChI is InChI=1S/C11H19ClO/c1-10(2)5-4-6-11(3,8-10)7-9(12)13/h4-8H2,1-3H3. The first-order chi connectivity index (χ1) is 5.83. The first-order valence-corrected chi connectivity index (χ1v) is 5.39. The average Bonchev–Trinajstić information content (AvgIpc) is 1.79. The lowest BCUT2D eigenvalue weighted by Crippen LogP contribution is -2.31. The van der Waals surface area contributed by atoms with E-state index in [-0.39, 0.29) is 10.7 Å². The molecule has 0 bridgehead atoms. The first kappa shape index (κ1) is 11.0. The number of hydrogen-bond acceptors (Lipinski definition) is 1. The van der Waals surface area contributed by atoms with Crippen LogP contribution in [0.5, 0.6) is 0 Å². The molecule has 0 amide bonds. The van der Waals surface area contributed by atoms with Gasteiger partial charge in [0.15, 0.2) is 0 Å². The summed E-state index contributed by atoms with van der Waals surface area (Å²) in [4.78, 5) is 10.9. The summed E-state index contributed by atoms with van der Waals surface area (Å²) in [6, 6.07) is 0. The third-order valence-electron chi connectivity index (χ3n) is 3.10. The number of halogens is 1. The van der Waals surface area contributed by atoms with Crippen molar-refractivity contribution in [3.8, 4) is 0 Å². The summed E-state index contributed by atoms with van der Waals surface area (Å²) in [7, 11) is 0. The van der Waals surface area contributed by atoms with Crippen LogP contribution >= 0.6 is 11.6 Å². The second kappa shape index (κ2) is 3.61. The van der Waals surface area contributed by atoms with Gasteiger partial charge in [0, 0.05) is 6.42 Å².